The van der Waals surface area contributed by atoms with Crippen LogP contribution >= 0.6 is 0 Å². The van der Waals surface area contributed by atoms with E-state index in [9.17, 15) is 0 Å². The van der Waals surface area contributed by atoms with Crippen molar-refractivity contribution in [2.75, 3.05) is 25.1 Å². The molecule has 20 heavy (non-hydrogen) atoms. The summed E-state index contributed by atoms with van der Waals surface area (Å²) < 4.78 is 5.71. The van der Waals surface area contributed by atoms with E-state index in [4.69, 9.17) is 10.00 Å². The Morgan fingerprint density at radius 2 is 1.75 bits per heavy atom. The highest BCUT2D eigenvalue weighted by molar-refractivity contribution is 5.44. The predicted molar refractivity (Wildman–Crippen MR) is 81.0 cm³/mol. The molecular weight excluding hydrogens is 248 g/mol. The summed E-state index contributed by atoms with van der Waals surface area (Å²) in [5.41, 5.74) is 2.20. The van der Waals surface area contributed by atoms with Crippen molar-refractivity contribution in [3.8, 4) is 11.8 Å². The van der Waals surface area contributed by atoms with Crippen LogP contribution in [-0.2, 0) is 6.42 Å². The smallest absolute Gasteiger partial charge is 0.119 e. The van der Waals surface area contributed by atoms with Gasteiger partial charge in [-0.3, -0.25) is 0 Å². The quantitative estimate of drug-likeness (QED) is 0.805. The van der Waals surface area contributed by atoms with Gasteiger partial charge >= 0.3 is 0 Å². The monoisotopic (exact) mass is 266 g/mol. The van der Waals surface area contributed by atoms with Crippen LogP contribution in [0.25, 0.3) is 0 Å². The van der Waals surface area contributed by atoms with Crippen molar-refractivity contribution in [1.29, 1.82) is 5.26 Å². The highest BCUT2D eigenvalue weighted by atomic mass is 16.5. The first-order valence-electron chi connectivity index (χ1n) is 6.64. The average Bonchev–Trinajstić information content (AvgIpc) is 2.50. The molecule has 0 heterocycles. The molecule has 0 aliphatic carbocycles. The van der Waals surface area contributed by atoms with E-state index >= 15 is 0 Å². The molecule has 2 aromatic carbocycles. The van der Waals surface area contributed by atoms with Crippen molar-refractivity contribution in [3.05, 3.63) is 60.2 Å². The van der Waals surface area contributed by atoms with Gasteiger partial charge in [-0.2, -0.15) is 5.26 Å². The SMILES string of the molecule is CN(CCOc1ccc(CC#N)cc1)c1ccccc1. The molecule has 0 atom stereocenters. The van der Waals surface area contributed by atoms with Crippen molar-refractivity contribution < 1.29 is 4.74 Å². The van der Waals surface area contributed by atoms with Gasteiger partial charge < -0.3 is 9.64 Å². The topological polar surface area (TPSA) is 36.3 Å². The third-order valence-corrected chi connectivity index (χ3v) is 3.10. The molecule has 3 nitrogen and oxygen atoms in total. The number of rotatable bonds is 6. The molecule has 0 unspecified atom stereocenters. The van der Waals surface area contributed by atoms with Gasteiger partial charge in [-0.05, 0) is 29.8 Å². The van der Waals surface area contributed by atoms with Crippen molar-refractivity contribution in [3.63, 3.8) is 0 Å². The number of likely N-dealkylation sites (N-methyl/N-ethyl adjacent to an activating group) is 1. The summed E-state index contributed by atoms with van der Waals surface area (Å²) in [6, 6.07) is 20.0. The Morgan fingerprint density at radius 1 is 1.05 bits per heavy atom. The number of nitrogens with zero attached hydrogens (tertiary/aromatic N) is 2. The minimum absolute atomic E-state index is 0.441. The summed E-state index contributed by atoms with van der Waals surface area (Å²) in [4.78, 5) is 2.16. The van der Waals surface area contributed by atoms with Crippen LogP contribution in [-0.4, -0.2) is 20.2 Å². The molecule has 0 aliphatic heterocycles. The normalized spacial score (nSPS) is 9.80. The lowest BCUT2D eigenvalue weighted by molar-refractivity contribution is 0.326. The fourth-order valence-electron chi connectivity index (χ4n) is 1.91. The Bertz CT molecular complexity index is 558. The third-order valence-electron chi connectivity index (χ3n) is 3.10. The van der Waals surface area contributed by atoms with Crippen LogP contribution in [0.15, 0.2) is 54.6 Å². The van der Waals surface area contributed by atoms with Crippen LogP contribution < -0.4 is 9.64 Å². The number of nitriles is 1. The van der Waals surface area contributed by atoms with E-state index in [1.165, 1.54) is 5.69 Å². The second kappa shape index (κ2) is 7.20. The predicted octanol–water partition coefficient (Wildman–Crippen LogP) is 3.27. The van der Waals surface area contributed by atoms with E-state index in [1.807, 2.05) is 42.5 Å². The minimum atomic E-state index is 0.441. The lowest BCUT2D eigenvalue weighted by Gasteiger charge is -2.19. The number of benzene rings is 2. The zero-order valence-electron chi connectivity index (χ0n) is 11.6. The van der Waals surface area contributed by atoms with Crippen LogP contribution in [0, 0.1) is 11.3 Å². The molecule has 0 spiro atoms. The number of ether oxygens (including phenoxy) is 1. The largest absolute Gasteiger partial charge is 0.492 e. The molecule has 0 radical (unpaired) electrons. The summed E-state index contributed by atoms with van der Waals surface area (Å²) in [5.74, 6) is 0.841. The summed E-state index contributed by atoms with van der Waals surface area (Å²) in [6.45, 7) is 1.45. The maximum absolute atomic E-state index is 8.61. The Kier molecular flexibility index (Phi) is 5.02. The van der Waals surface area contributed by atoms with Gasteiger partial charge in [0, 0.05) is 12.7 Å². The summed E-state index contributed by atoms with van der Waals surface area (Å²) in [5, 5.41) is 8.61. The van der Waals surface area contributed by atoms with Crippen LogP contribution in [0.2, 0.25) is 0 Å². The van der Waals surface area contributed by atoms with E-state index in [1.54, 1.807) is 0 Å². The standard InChI is InChI=1S/C17H18N2O/c1-19(16-5-3-2-4-6-16)13-14-20-17-9-7-15(8-10-17)11-12-18/h2-10H,11,13-14H2,1H3. The van der Waals surface area contributed by atoms with E-state index in [0.717, 1.165) is 17.9 Å². The van der Waals surface area contributed by atoms with Gasteiger partial charge in [0.05, 0.1) is 19.0 Å². The van der Waals surface area contributed by atoms with Gasteiger partial charge in [-0.15, -0.1) is 0 Å². The second-order valence-electron chi connectivity index (χ2n) is 4.58. The van der Waals surface area contributed by atoms with Gasteiger partial charge in [0.1, 0.15) is 12.4 Å². The van der Waals surface area contributed by atoms with Crippen LogP contribution in [0.3, 0.4) is 0 Å². The molecule has 2 rings (SSSR count). The lowest BCUT2D eigenvalue weighted by atomic mass is 10.2. The molecule has 2 aromatic rings. The first-order valence-corrected chi connectivity index (χ1v) is 6.64. The first kappa shape index (κ1) is 14.0. The molecule has 102 valence electrons. The lowest BCUT2D eigenvalue weighted by Crippen LogP contribution is -2.23. The Hall–Kier alpha value is -2.47. The van der Waals surface area contributed by atoms with Crippen LogP contribution in [0.5, 0.6) is 5.75 Å². The maximum atomic E-state index is 8.61. The summed E-state index contributed by atoms with van der Waals surface area (Å²) in [7, 11) is 2.05. The molecule has 0 aromatic heterocycles. The highest BCUT2D eigenvalue weighted by Gasteiger charge is 2.00. The first-order chi connectivity index (χ1) is 9.79. The maximum Gasteiger partial charge on any atom is 0.119 e. The second-order valence-corrected chi connectivity index (χ2v) is 4.58. The van der Waals surface area contributed by atoms with Gasteiger partial charge in [-0.25, -0.2) is 0 Å². The molecule has 0 amide bonds. The number of anilines is 1. The molecule has 0 saturated carbocycles. The van der Waals surface area contributed by atoms with Crippen LogP contribution in [0.1, 0.15) is 5.56 Å². The molecule has 0 fully saturated rings. The number of hydrogen-bond donors (Lipinski definition) is 0. The Morgan fingerprint density at radius 3 is 2.40 bits per heavy atom. The Labute approximate surface area is 120 Å². The third kappa shape index (κ3) is 4.03. The van der Waals surface area contributed by atoms with Crippen molar-refractivity contribution >= 4 is 5.69 Å². The van der Waals surface area contributed by atoms with E-state index in [-0.39, 0.29) is 0 Å². The highest BCUT2D eigenvalue weighted by Crippen LogP contribution is 2.14. The molecule has 0 bridgehead atoms. The fourth-order valence-corrected chi connectivity index (χ4v) is 1.91. The van der Waals surface area contributed by atoms with E-state index < -0.39 is 0 Å². The van der Waals surface area contributed by atoms with Gasteiger partial charge in [-0.1, -0.05) is 30.3 Å². The number of para-hydroxylation sites is 1. The molecule has 0 aliphatic rings. The molecule has 0 saturated heterocycles. The Balaban J connectivity index is 1.80. The molecule has 3 heteroatoms. The van der Waals surface area contributed by atoms with Crippen LogP contribution in [0.4, 0.5) is 5.69 Å². The zero-order valence-corrected chi connectivity index (χ0v) is 11.6. The average molecular weight is 266 g/mol. The van der Waals surface area contributed by atoms with Gasteiger partial charge in [0.15, 0.2) is 0 Å². The van der Waals surface area contributed by atoms with Gasteiger partial charge in [0.2, 0.25) is 0 Å². The zero-order chi connectivity index (χ0) is 14.2. The fraction of sp³-hybridized carbons (Fsp3) is 0.235. The van der Waals surface area contributed by atoms with E-state index in [0.29, 0.717) is 13.0 Å². The van der Waals surface area contributed by atoms with Crippen molar-refractivity contribution in [1.82, 2.24) is 0 Å². The minimum Gasteiger partial charge on any atom is -0.492 e. The number of hydrogen-bond acceptors (Lipinski definition) is 3. The van der Waals surface area contributed by atoms with E-state index in [2.05, 4.69) is 30.1 Å². The summed E-state index contributed by atoms with van der Waals surface area (Å²) in [6.07, 6.45) is 0.441. The van der Waals surface area contributed by atoms with Crippen molar-refractivity contribution in [2.45, 2.75) is 6.42 Å². The molecular formula is C17H18N2O. The molecule has 0 N–H and O–H groups in total. The van der Waals surface area contributed by atoms with Gasteiger partial charge in [0.25, 0.3) is 0 Å². The summed E-state index contributed by atoms with van der Waals surface area (Å²) >= 11 is 0. The van der Waals surface area contributed by atoms with Crippen molar-refractivity contribution in [2.24, 2.45) is 0 Å².